The molecule has 3 nitrogen and oxygen atoms in total. The van der Waals surface area contributed by atoms with Gasteiger partial charge in [0.05, 0.1) is 11.5 Å². The van der Waals surface area contributed by atoms with Gasteiger partial charge in [0.15, 0.2) is 9.84 Å². The minimum absolute atomic E-state index is 0.0714. The van der Waals surface area contributed by atoms with Gasteiger partial charge in [-0.05, 0) is 29.2 Å². The van der Waals surface area contributed by atoms with E-state index in [1.54, 1.807) is 0 Å². The molecule has 0 amide bonds. The van der Waals surface area contributed by atoms with E-state index in [1.807, 2.05) is 13.8 Å². The highest BCUT2D eigenvalue weighted by atomic mass is 32.2. The third-order valence-electron chi connectivity index (χ3n) is 2.35. The van der Waals surface area contributed by atoms with Crippen molar-refractivity contribution < 1.29 is 12.8 Å². The molecule has 1 aromatic rings. The lowest BCUT2D eigenvalue weighted by atomic mass is 10.1. The molecule has 0 fully saturated rings. The number of nitrogens with two attached hydrogens (primary N) is 1. The molecule has 0 spiro atoms. The third-order valence-corrected chi connectivity index (χ3v) is 4.28. The van der Waals surface area contributed by atoms with Crippen LogP contribution in [0, 0.1) is 11.7 Å². The van der Waals surface area contributed by atoms with Crippen molar-refractivity contribution in [2.24, 2.45) is 11.7 Å². The molecule has 96 valence electrons. The van der Waals surface area contributed by atoms with Gasteiger partial charge in [-0.15, -0.1) is 0 Å². The van der Waals surface area contributed by atoms with E-state index in [0.717, 1.165) is 0 Å². The summed E-state index contributed by atoms with van der Waals surface area (Å²) in [5, 5.41) is 0. The third kappa shape index (κ3) is 4.44. The molecule has 0 atom stereocenters. The number of halogens is 1. The summed E-state index contributed by atoms with van der Waals surface area (Å²) in [7, 11) is -3.16. The SMILES string of the molecule is CC(C)CS(=O)(=O)Cc1ccc(F)cc1CN. The first-order valence-corrected chi connectivity index (χ1v) is 7.34. The maximum absolute atomic E-state index is 13.0. The molecule has 0 saturated heterocycles. The summed E-state index contributed by atoms with van der Waals surface area (Å²) in [6.45, 7) is 3.85. The minimum Gasteiger partial charge on any atom is -0.326 e. The second kappa shape index (κ2) is 5.60. The normalized spacial score (nSPS) is 12.1. The van der Waals surface area contributed by atoms with Crippen LogP contribution in [-0.4, -0.2) is 14.2 Å². The fourth-order valence-electron chi connectivity index (χ4n) is 1.73. The monoisotopic (exact) mass is 259 g/mol. The highest BCUT2D eigenvalue weighted by Crippen LogP contribution is 2.16. The van der Waals surface area contributed by atoms with Gasteiger partial charge in [0.2, 0.25) is 0 Å². The van der Waals surface area contributed by atoms with Crippen molar-refractivity contribution >= 4 is 9.84 Å². The van der Waals surface area contributed by atoms with Crippen LogP contribution in [0.3, 0.4) is 0 Å². The van der Waals surface area contributed by atoms with Crippen molar-refractivity contribution in [2.45, 2.75) is 26.1 Å². The van der Waals surface area contributed by atoms with E-state index < -0.39 is 15.7 Å². The Balaban J connectivity index is 2.95. The molecular weight excluding hydrogens is 241 g/mol. The van der Waals surface area contributed by atoms with Gasteiger partial charge in [0.25, 0.3) is 0 Å². The van der Waals surface area contributed by atoms with Crippen LogP contribution >= 0.6 is 0 Å². The van der Waals surface area contributed by atoms with Crippen LogP contribution in [0.25, 0.3) is 0 Å². The van der Waals surface area contributed by atoms with Gasteiger partial charge in [0, 0.05) is 6.54 Å². The van der Waals surface area contributed by atoms with Crippen molar-refractivity contribution in [1.29, 1.82) is 0 Å². The first kappa shape index (κ1) is 14.1. The van der Waals surface area contributed by atoms with E-state index in [4.69, 9.17) is 5.73 Å². The first-order valence-electron chi connectivity index (χ1n) is 5.52. The Morgan fingerprint density at radius 2 is 1.94 bits per heavy atom. The standard InChI is InChI=1S/C12H18FNO2S/c1-9(2)7-17(15,16)8-10-3-4-12(13)5-11(10)6-14/h3-5,9H,6-8,14H2,1-2H3. The van der Waals surface area contributed by atoms with Gasteiger partial charge in [-0.2, -0.15) is 0 Å². The fourth-order valence-corrected chi connectivity index (χ4v) is 3.62. The van der Waals surface area contributed by atoms with Crippen molar-refractivity contribution in [3.63, 3.8) is 0 Å². The second-order valence-corrected chi connectivity index (χ2v) is 6.67. The summed E-state index contributed by atoms with van der Waals surface area (Å²) < 4.78 is 36.6. The lowest BCUT2D eigenvalue weighted by Gasteiger charge is -2.10. The smallest absolute Gasteiger partial charge is 0.154 e. The number of sulfone groups is 1. The molecule has 0 aliphatic heterocycles. The molecule has 0 unspecified atom stereocenters. The molecule has 0 heterocycles. The number of hydrogen-bond donors (Lipinski definition) is 1. The molecule has 0 radical (unpaired) electrons. The highest BCUT2D eigenvalue weighted by molar-refractivity contribution is 7.90. The van der Waals surface area contributed by atoms with E-state index in [-0.39, 0.29) is 24.0 Å². The van der Waals surface area contributed by atoms with Gasteiger partial charge in [-0.25, -0.2) is 12.8 Å². The average Bonchev–Trinajstić information content (AvgIpc) is 2.18. The summed E-state index contributed by atoms with van der Waals surface area (Å²) in [5.41, 5.74) is 6.62. The molecule has 1 rings (SSSR count). The maximum Gasteiger partial charge on any atom is 0.154 e. The lowest BCUT2D eigenvalue weighted by Crippen LogP contribution is -2.15. The Labute approximate surface area is 102 Å². The van der Waals surface area contributed by atoms with Gasteiger partial charge < -0.3 is 5.73 Å². The summed E-state index contributed by atoms with van der Waals surface area (Å²) in [5.74, 6) is -0.246. The Kier molecular flexibility index (Phi) is 4.65. The van der Waals surface area contributed by atoms with E-state index in [2.05, 4.69) is 0 Å². The van der Waals surface area contributed by atoms with Crippen molar-refractivity contribution in [3.05, 3.63) is 35.1 Å². The number of hydrogen-bond acceptors (Lipinski definition) is 3. The van der Waals surface area contributed by atoms with Gasteiger partial charge in [0.1, 0.15) is 5.82 Å². The van der Waals surface area contributed by atoms with E-state index >= 15 is 0 Å². The maximum atomic E-state index is 13.0. The predicted molar refractivity (Wildman–Crippen MR) is 66.6 cm³/mol. The number of benzene rings is 1. The van der Waals surface area contributed by atoms with E-state index in [9.17, 15) is 12.8 Å². The van der Waals surface area contributed by atoms with Gasteiger partial charge in [-0.1, -0.05) is 19.9 Å². The average molecular weight is 259 g/mol. The van der Waals surface area contributed by atoms with Gasteiger partial charge >= 0.3 is 0 Å². The zero-order valence-electron chi connectivity index (χ0n) is 10.1. The molecule has 0 saturated carbocycles. The highest BCUT2D eigenvalue weighted by Gasteiger charge is 2.16. The topological polar surface area (TPSA) is 60.2 Å². The molecule has 0 aromatic heterocycles. The predicted octanol–water partition coefficient (Wildman–Crippen LogP) is 1.86. The minimum atomic E-state index is -3.16. The van der Waals surface area contributed by atoms with Crippen LogP contribution in [0.5, 0.6) is 0 Å². The zero-order chi connectivity index (χ0) is 13.1. The van der Waals surface area contributed by atoms with Crippen LogP contribution in [0.4, 0.5) is 4.39 Å². The van der Waals surface area contributed by atoms with Crippen LogP contribution in [0.1, 0.15) is 25.0 Å². The first-order chi connectivity index (χ1) is 7.84. The quantitative estimate of drug-likeness (QED) is 0.878. The summed E-state index contributed by atoms with van der Waals surface area (Å²) in [4.78, 5) is 0. The van der Waals surface area contributed by atoms with Crippen molar-refractivity contribution in [2.75, 3.05) is 5.75 Å². The molecule has 0 aliphatic carbocycles. The van der Waals surface area contributed by atoms with Gasteiger partial charge in [-0.3, -0.25) is 0 Å². The number of rotatable bonds is 5. The second-order valence-electron chi connectivity index (χ2n) is 4.57. The lowest BCUT2D eigenvalue weighted by molar-refractivity contribution is 0.581. The zero-order valence-corrected chi connectivity index (χ0v) is 10.9. The fraction of sp³-hybridized carbons (Fsp3) is 0.500. The van der Waals surface area contributed by atoms with Crippen LogP contribution < -0.4 is 5.73 Å². The van der Waals surface area contributed by atoms with Crippen LogP contribution in [0.2, 0.25) is 0 Å². The molecule has 5 heteroatoms. The molecular formula is C12H18FNO2S. The van der Waals surface area contributed by atoms with E-state index in [1.165, 1.54) is 18.2 Å². The largest absolute Gasteiger partial charge is 0.326 e. The molecule has 17 heavy (non-hydrogen) atoms. The Hall–Kier alpha value is -0.940. The molecule has 0 aliphatic rings. The van der Waals surface area contributed by atoms with Crippen LogP contribution in [-0.2, 0) is 22.1 Å². The van der Waals surface area contributed by atoms with Crippen LogP contribution in [0.15, 0.2) is 18.2 Å². The van der Waals surface area contributed by atoms with E-state index in [0.29, 0.717) is 11.1 Å². The molecule has 0 bridgehead atoms. The Bertz CT molecular complexity index is 483. The van der Waals surface area contributed by atoms with Crippen molar-refractivity contribution in [3.8, 4) is 0 Å². The Morgan fingerprint density at radius 3 is 2.47 bits per heavy atom. The van der Waals surface area contributed by atoms with Crippen molar-refractivity contribution in [1.82, 2.24) is 0 Å². The summed E-state index contributed by atoms with van der Waals surface area (Å²) in [6, 6.07) is 4.05. The summed E-state index contributed by atoms with van der Waals surface area (Å²) in [6.07, 6.45) is 0. The molecule has 1 aromatic carbocycles. The Morgan fingerprint density at radius 1 is 1.29 bits per heavy atom. The molecule has 2 N–H and O–H groups in total. The summed E-state index contributed by atoms with van der Waals surface area (Å²) >= 11 is 0.